The Hall–Kier alpha value is -4.70. The molecule has 4 aromatic rings. The van der Waals surface area contributed by atoms with E-state index in [0.29, 0.717) is 34.6 Å². The lowest BCUT2D eigenvalue weighted by Gasteiger charge is -2.04. The average Bonchev–Trinajstić information content (AvgIpc) is 3.65. The van der Waals surface area contributed by atoms with E-state index in [0.717, 1.165) is 23.4 Å². The van der Waals surface area contributed by atoms with Gasteiger partial charge >= 0.3 is 12.1 Å². The second-order valence-corrected chi connectivity index (χ2v) is 8.87. The third-order valence-electron chi connectivity index (χ3n) is 5.06. The van der Waals surface area contributed by atoms with Crippen LogP contribution in [-0.2, 0) is 17.9 Å². The minimum Gasteiger partial charge on any atom is -0.475 e. The number of carboxylic acids is 1. The number of benzene rings is 1. The highest BCUT2D eigenvalue weighted by Crippen LogP contribution is 2.30. The molecule has 4 heterocycles. The molecule has 0 bridgehead atoms. The van der Waals surface area contributed by atoms with E-state index in [-0.39, 0.29) is 5.91 Å². The first-order valence-electron chi connectivity index (χ1n) is 11.2. The summed E-state index contributed by atoms with van der Waals surface area (Å²) in [6.45, 7) is 1.73. The summed E-state index contributed by atoms with van der Waals surface area (Å²) in [4.78, 5) is 29.9. The predicted molar refractivity (Wildman–Crippen MR) is 137 cm³/mol. The number of nitrogens with two attached hydrogens (primary N) is 1. The van der Waals surface area contributed by atoms with Crippen LogP contribution >= 0.6 is 11.3 Å². The number of fused-ring (bicyclic) bond motifs is 1. The largest absolute Gasteiger partial charge is 0.490 e. The molecule has 16 heteroatoms. The number of amides is 1. The number of halogens is 3. The van der Waals surface area contributed by atoms with Gasteiger partial charge in [0, 0.05) is 36.4 Å². The molecule has 0 atom stereocenters. The van der Waals surface area contributed by atoms with Crippen molar-refractivity contribution in [3.8, 4) is 10.6 Å². The molecule has 39 heavy (non-hydrogen) atoms. The van der Waals surface area contributed by atoms with Gasteiger partial charge in [-0.1, -0.05) is 17.4 Å². The van der Waals surface area contributed by atoms with E-state index in [4.69, 9.17) is 15.6 Å². The molecule has 0 unspecified atom stereocenters. The van der Waals surface area contributed by atoms with Crippen molar-refractivity contribution >= 4 is 46.1 Å². The van der Waals surface area contributed by atoms with Crippen molar-refractivity contribution in [3.05, 3.63) is 65.6 Å². The van der Waals surface area contributed by atoms with Gasteiger partial charge in [0.1, 0.15) is 10.8 Å². The van der Waals surface area contributed by atoms with Crippen molar-refractivity contribution in [2.45, 2.75) is 19.3 Å². The molecule has 202 valence electrons. The molecule has 1 aliphatic heterocycles. The zero-order valence-corrected chi connectivity index (χ0v) is 20.7. The summed E-state index contributed by atoms with van der Waals surface area (Å²) in [5.74, 6) is -2.63. The molecule has 1 aromatic carbocycles. The number of carbonyl (C=O) groups excluding carboxylic acids is 1. The van der Waals surface area contributed by atoms with Crippen LogP contribution < -0.4 is 16.4 Å². The van der Waals surface area contributed by atoms with Crippen LogP contribution in [0.5, 0.6) is 0 Å². The highest BCUT2D eigenvalue weighted by Gasteiger charge is 2.38. The number of carbonyl (C=O) groups is 2. The monoisotopic (exact) mass is 559 g/mol. The van der Waals surface area contributed by atoms with Crippen LogP contribution in [0, 0.1) is 0 Å². The Morgan fingerprint density at radius 1 is 1.18 bits per heavy atom. The zero-order valence-electron chi connectivity index (χ0n) is 19.9. The fraction of sp³-hybridized carbons (Fsp3) is 0.174. The number of anilines is 3. The first-order chi connectivity index (χ1) is 18.6. The number of rotatable bonds is 7. The van der Waals surface area contributed by atoms with Gasteiger partial charge in [-0.3, -0.25) is 14.5 Å². The average molecular weight is 560 g/mol. The normalized spacial score (nSPS) is 11.9. The van der Waals surface area contributed by atoms with Crippen molar-refractivity contribution in [1.82, 2.24) is 25.0 Å². The maximum atomic E-state index is 12.5. The van der Waals surface area contributed by atoms with E-state index in [1.807, 2.05) is 24.4 Å². The number of pyridine rings is 1. The van der Waals surface area contributed by atoms with Gasteiger partial charge in [-0.25, -0.2) is 9.78 Å². The van der Waals surface area contributed by atoms with Crippen molar-refractivity contribution in [2.24, 2.45) is 10.7 Å². The van der Waals surface area contributed by atoms with Gasteiger partial charge < -0.3 is 21.5 Å². The van der Waals surface area contributed by atoms with E-state index in [1.54, 1.807) is 23.1 Å². The Balaban J connectivity index is 0.000000448. The lowest BCUT2D eigenvalue weighted by Crippen LogP contribution is -2.21. The first-order valence-corrected chi connectivity index (χ1v) is 12.0. The molecule has 1 amide bonds. The lowest BCUT2D eigenvalue weighted by atomic mass is 10.1. The van der Waals surface area contributed by atoms with Gasteiger partial charge in [0.25, 0.3) is 5.91 Å². The van der Waals surface area contributed by atoms with Crippen LogP contribution in [0.25, 0.3) is 10.6 Å². The van der Waals surface area contributed by atoms with Gasteiger partial charge in [0.05, 0.1) is 24.8 Å². The smallest absolute Gasteiger partial charge is 0.475 e. The summed E-state index contributed by atoms with van der Waals surface area (Å²) in [5, 5.41) is 27.2. The Labute approximate surface area is 222 Å². The number of nitrogens with zero attached hydrogens (tertiary/aromatic N) is 6. The third-order valence-corrected chi connectivity index (χ3v) is 5.95. The summed E-state index contributed by atoms with van der Waals surface area (Å²) in [6, 6.07) is 9.70. The fourth-order valence-corrected chi connectivity index (χ4v) is 4.01. The summed E-state index contributed by atoms with van der Waals surface area (Å²) in [6.07, 6.45) is 1.57. The summed E-state index contributed by atoms with van der Waals surface area (Å²) in [5.41, 5.74) is 10.0. The molecule has 0 spiro atoms. The number of aromatic nitrogens is 5. The van der Waals surface area contributed by atoms with E-state index < -0.39 is 12.1 Å². The molecule has 5 N–H and O–H groups in total. The molecule has 0 saturated carbocycles. The van der Waals surface area contributed by atoms with Crippen molar-refractivity contribution < 1.29 is 27.9 Å². The van der Waals surface area contributed by atoms with Gasteiger partial charge in [-0.15, -0.1) is 10.2 Å². The van der Waals surface area contributed by atoms with Gasteiger partial charge in [0.2, 0.25) is 5.13 Å². The number of aliphatic imine (C=N–C) groups is 1. The standard InChI is InChI=1S/C21H19N9OS.C2HF3O2/c22-4-6-30-12-16(11-25-30)19(31)27-18-8-13(3-5-24-18)20-28-29-21(32-20)26-17-2-1-14-9-23-10-15(14)7-17;3-2(4,5)1(6)7/h1-3,5,7-8,10-12H,4,6,9,22H2,(H,26,29)(H,24,27,31);(H,6,7). The Morgan fingerprint density at radius 3 is 2.72 bits per heavy atom. The van der Waals surface area contributed by atoms with Gasteiger partial charge in [0.15, 0.2) is 0 Å². The Kier molecular flexibility index (Phi) is 8.26. The summed E-state index contributed by atoms with van der Waals surface area (Å²) >= 11 is 1.41. The highest BCUT2D eigenvalue weighted by molar-refractivity contribution is 7.18. The maximum absolute atomic E-state index is 12.5. The molecule has 0 aliphatic carbocycles. The topological polar surface area (TPSA) is 173 Å². The summed E-state index contributed by atoms with van der Waals surface area (Å²) < 4.78 is 33.4. The van der Waals surface area contributed by atoms with E-state index in [1.165, 1.54) is 23.1 Å². The van der Waals surface area contributed by atoms with Crippen LogP contribution in [0.15, 0.2) is 53.9 Å². The van der Waals surface area contributed by atoms with Crippen LogP contribution in [0.3, 0.4) is 0 Å². The van der Waals surface area contributed by atoms with E-state index >= 15 is 0 Å². The first kappa shape index (κ1) is 27.3. The highest BCUT2D eigenvalue weighted by atomic mass is 32.1. The van der Waals surface area contributed by atoms with Gasteiger partial charge in [-0.05, 0) is 35.4 Å². The predicted octanol–water partition coefficient (Wildman–Crippen LogP) is 3.32. The Morgan fingerprint density at radius 2 is 1.97 bits per heavy atom. The number of hydrogen-bond donors (Lipinski definition) is 4. The van der Waals surface area contributed by atoms with Crippen molar-refractivity contribution in [3.63, 3.8) is 0 Å². The van der Waals surface area contributed by atoms with Crippen LogP contribution in [0.4, 0.5) is 29.8 Å². The molecule has 1 aliphatic rings. The number of aliphatic carboxylic acids is 1. The van der Waals surface area contributed by atoms with Gasteiger partial charge in [-0.2, -0.15) is 18.3 Å². The van der Waals surface area contributed by atoms with E-state index in [9.17, 15) is 18.0 Å². The summed E-state index contributed by atoms with van der Waals surface area (Å²) in [7, 11) is 0. The molecular formula is C23H20F3N9O3S. The van der Waals surface area contributed by atoms with E-state index in [2.05, 4.69) is 42.0 Å². The molecule has 5 rings (SSSR count). The number of nitrogens with one attached hydrogen (secondary N) is 2. The Bertz CT molecular complexity index is 1520. The minimum atomic E-state index is -5.08. The van der Waals surface area contributed by atoms with Crippen molar-refractivity contribution in [1.29, 1.82) is 0 Å². The fourth-order valence-electron chi connectivity index (χ4n) is 3.25. The molecule has 12 nitrogen and oxygen atoms in total. The van der Waals surface area contributed by atoms with Crippen LogP contribution in [0.2, 0.25) is 0 Å². The maximum Gasteiger partial charge on any atom is 0.490 e. The molecular weight excluding hydrogens is 539 g/mol. The second kappa shape index (κ2) is 11.8. The minimum absolute atomic E-state index is 0.294. The molecule has 3 aromatic heterocycles. The number of alkyl halides is 3. The third kappa shape index (κ3) is 7.20. The van der Waals surface area contributed by atoms with Crippen LogP contribution in [0.1, 0.15) is 21.5 Å². The quantitative estimate of drug-likeness (QED) is 0.265. The molecule has 0 radical (unpaired) electrons. The molecule has 0 saturated heterocycles. The zero-order chi connectivity index (χ0) is 28.0. The lowest BCUT2D eigenvalue weighted by molar-refractivity contribution is -0.192. The molecule has 0 fully saturated rings. The SMILES string of the molecule is NCCn1cc(C(=O)Nc2cc(-c3nnc(Nc4ccc5c(c4)C=NC5)s3)ccn2)cn1.O=C(O)C(F)(F)F. The second-order valence-electron chi connectivity index (χ2n) is 7.89. The number of hydrogen-bond acceptors (Lipinski definition) is 10. The van der Waals surface area contributed by atoms with Crippen molar-refractivity contribution in [2.75, 3.05) is 17.2 Å². The number of carboxylic acid groups (broad SMARTS) is 1. The van der Waals surface area contributed by atoms with Crippen LogP contribution in [-0.4, -0.2) is 60.9 Å².